The van der Waals surface area contributed by atoms with Crippen LogP contribution in [0.1, 0.15) is 50.5 Å². The van der Waals surface area contributed by atoms with Gasteiger partial charge in [0.05, 0.1) is 17.3 Å². The van der Waals surface area contributed by atoms with E-state index in [1.807, 2.05) is 45.0 Å². The molecule has 0 fully saturated rings. The number of alkyl halides is 3. The molecular weight excluding hydrogens is 624 g/mol. The van der Waals surface area contributed by atoms with E-state index in [-0.39, 0.29) is 26.9 Å². The Morgan fingerprint density at radius 3 is 1.59 bits per heavy atom. The van der Waals surface area contributed by atoms with Crippen molar-refractivity contribution in [3.05, 3.63) is 83.7 Å². The summed E-state index contributed by atoms with van der Waals surface area (Å²) in [4.78, 5) is 9.46. The van der Waals surface area contributed by atoms with Crippen LogP contribution in [-0.4, -0.2) is 29.5 Å². The maximum Gasteiger partial charge on any atom is 2.00 e. The molecule has 0 atom stereocenters. The Morgan fingerprint density at radius 1 is 0.706 bits per heavy atom. The van der Waals surface area contributed by atoms with Gasteiger partial charge in [0.25, 0.3) is 0 Å². The third-order valence-corrected chi connectivity index (χ3v) is 6.22. The van der Waals surface area contributed by atoms with Gasteiger partial charge in [0.2, 0.25) is 0 Å². The summed E-state index contributed by atoms with van der Waals surface area (Å²) in [7, 11) is 0. The summed E-state index contributed by atoms with van der Waals surface area (Å²) in [5.74, 6) is 0.909. The van der Waals surface area contributed by atoms with Crippen LogP contribution in [-0.2, 0) is 38.1 Å². The van der Waals surface area contributed by atoms with Gasteiger partial charge in [-0.15, -0.1) is 12.1 Å². The number of halogens is 3. The smallest absolute Gasteiger partial charge is 0.343 e. The minimum Gasteiger partial charge on any atom is -0.343 e. The molecule has 10 heteroatoms. The molecule has 4 rings (SSSR count). The summed E-state index contributed by atoms with van der Waals surface area (Å²) < 4.78 is 41.5. The van der Waals surface area contributed by atoms with Crippen LogP contribution in [0.3, 0.4) is 0 Å². The average molecular weight is 648 g/mol. The van der Waals surface area contributed by atoms with Gasteiger partial charge < -0.3 is 9.36 Å². The fraction of sp³-hybridized carbons (Fsp3) is 0.333. The van der Waals surface area contributed by atoms with Crippen molar-refractivity contribution in [1.82, 2.24) is 29.5 Å². The van der Waals surface area contributed by atoms with Gasteiger partial charge in [-0.1, -0.05) is 71.3 Å². The van der Waals surface area contributed by atoms with E-state index in [2.05, 4.69) is 41.4 Å². The molecule has 34 heavy (non-hydrogen) atoms. The number of aryl methyl sites for hydroxylation is 1. The Hall–Kier alpha value is -2.80. The molecule has 0 amide bonds. The maximum absolute atomic E-state index is 13.0. The number of rotatable bonds is 5. The first kappa shape index (κ1) is 25.8. The zero-order valence-corrected chi connectivity index (χ0v) is 21.5. The predicted octanol–water partition coefficient (Wildman–Crippen LogP) is 5.03. The fourth-order valence-electron chi connectivity index (χ4n) is 3.45. The third-order valence-electron chi connectivity index (χ3n) is 6.22. The summed E-state index contributed by atoms with van der Waals surface area (Å²) in [6.07, 6.45) is 1.01. The number of hydrogen-bond donors (Lipinski definition) is 0. The van der Waals surface area contributed by atoms with Crippen molar-refractivity contribution in [2.75, 3.05) is 0 Å². The van der Waals surface area contributed by atoms with Crippen LogP contribution in [0.2, 0.25) is 0 Å². The van der Waals surface area contributed by atoms with Gasteiger partial charge in [0, 0.05) is 22.2 Å². The number of nitrogens with zero attached hydrogens (tertiary/aromatic N) is 6. The van der Waals surface area contributed by atoms with E-state index in [1.165, 1.54) is 0 Å². The third kappa shape index (κ3) is 4.71. The van der Waals surface area contributed by atoms with Crippen molar-refractivity contribution < 1.29 is 34.2 Å². The van der Waals surface area contributed by atoms with Gasteiger partial charge in [-0.05, 0) is 17.8 Å². The van der Waals surface area contributed by atoms with E-state index in [0.29, 0.717) is 11.5 Å². The van der Waals surface area contributed by atoms with Crippen LogP contribution >= 0.6 is 0 Å². The average Bonchev–Trinajstić information content (AvgIpc) is 3.43. The van der Waals surface area contributed by atoms with Crippen molar-refractivity contribution in [3.8, 4) is 11.6 Å². The maximum atomic E-state index is 13.0. The zero-order chi connectivity index (χ0) is 24.0. The number of pyridine rings is 2. The van der Waals surface area contributed by atoms with Crippen molar-refractivity contribution in [1.29, 1.82) is 0 Å². The van der Waals surface area contributed by atoms with E-state index in [0.717, 1.165) is 22.1 Å². The van der Waals surface area contributed by atoms with E-state index in [1.54, 1.807) is 22.9 Å². The van der Waals surface area contributed by atoms with Gasteiger partial charge >= 0.3 is 27.2 Å². The molecule has 4 aromatic heterocycles. The molecule has 0 aromatic carbocycles. The quantitative estimate of drug-likeness (QED) is 0.286. The molecule has 0 saturated carbocycles. The van der Waals surface area contributed by atoms with Crippen LogP contribution in [0, 0.1) is 19.3 Å². The second-order valence-corrected chi connectivity index (χ2v) is 8.91. The zero-order valence-electron chi connectivity index (χ0n) is 19.3. The largest absolute Gasteiger partial charge is 2.00 e. The van der Waals surface area contributed by atoms with Crippen LogP contribution in [0.25, 0.3) is 11.6 Å². The molecule has 180 valence electrons. The molecule has 0 saturated heterocycles. The molecule has 6 nitrogen and oxygen atoms in total. The van der Waals surface area contributed by atoms with Crippen LogP contribution < -0.4 is 0 Å². The Balaban J connectivity index is 0.00000324. The van der Waals surface area contributed by atoms with E-state index in [4.69, 9.17) is 4.98 Å². The van der Waals surface area contributed by atoms with Gasteiger partial charge in [0.1, 0.15) is 0 Å². The summed E-state index contributed by atoms with van der Waals surface area (Å²) in [6.45, 7) is 10.1. The Labute approximate surface area is 210 Å². The molecule has 0 unspecified atom stereocenters. The summed E-state index contributed by atoms with van der Waals surface area (Å²) >= 11 is 0. The minimum atomic E-state index is -4.54. The summed E-state index contributed by atoms with van der Waals surface area (Å²) in [5, 5.41) is 7.97. The number of aromatic nitrogens is 6. The predicted molar refractivity (Wildman–Crippen MR) is 116 cm³/mol. The summed E-state index contributed by atoms with van der Waals surface area (Å²) in [5.41, 5.74) is 0.299. The second-order valence-electron chi connectivity index (χ2n) is 8.91. The first-order valence-electron chi connectivity index (χ1n) is 10.3. The minimum absolute atomic E-state index is 0. The van der Waals surface area contributed by atoms with Gasteiger partial charge in [-0.2, -0.15) is 13.2 Å². The van der Waals surface area contributed by atoms with Crippen LogP contribution in [0.4, 0.5) is 13.2 Å². The first-order valence-corrected chi connectivity index (χ1v) is 10.3. The van der Waals surface area contributed by atoms with Crippen molar-refractivity contribution in [2.45, 2.75) is 51.6 Å². The van der Waals surface area contributed by atoms with Gasteiger partial charge in [-0.3, -0.25) is 20.2 Å². The Bertz CT molecular complexity index is 1290. The molecule has 0 spiro atoms. The van der Waals surface area contributed by atoms with Crippen LogP contribution in [0.15, 0.2) is 48.5 Å². The molecule has 0 aliphatic heterocycles. The molecule has 0 aliphatic rings. The molecule has 4 aromatic rings. The van der Waals surface area contributed by atoms with E-state index in [9.17, 15) is 13.2 Å². The normalized spacial score (nSPS) is 12.5. The van der Waals surface area contributed by atoms with E-state index < -0.39 is 22.7 Å². The van der Waals surface area contributed by atoms with Crippen molar-refractivity contribution in [3.63, 3.8) is 0 Å². The van der Waals surface area contributed by atoms with E-state index >= 15 is 0 Å². The second kappa shape index (κ2) is 9.10. The monoisotopic (exact) mass is 647 g/mol. The SMILES string of the molecule is Cc1c[c-]n(-c2cccc(C(C)(C)C(C)(C)c3cccc(-n4[c-]cc(C(F)(F)F)n4)n3)n2)n1.[Pt+2]. The van der Waals surface area contributed by atoms with Gasteiger partial charge in [0.15, 0.2) is 0 Å². The first-order chi connectivity index (χ1) is 15.4. The molecule has 0 aliphatic carbocycles. The van der Waals surface area contributed by atoms with Crippen LogP contribution in [0.5, 0.6) is 0 Å². The molecule has 0 bridgehead atoms. The standard InChI is InChI=1S/C24H23F3N6.Pt/c1-16-12-14-32(30-16)20-10-6-8-17(28-20)22(2,3)23(4,5)18-9-7-11-21(29-18)33-15-13-19(31-33)24(25,26)27;/h6-13H,1-5H3;/q-2;+2. The van der Waals surface area contributed by atoms with Crippen molar-refractivity contribution in [2.24, 2.45) is 0 Å². The Morgan fingerprint density at radius 2 is 1.18 bits per heavy atom. The van der Waals surface area contributed by atoms with Gasteiger partial charge in [-0.25, -0.2) is 0 Å². The molecule has 4 heterocycles. The topological polar surface area (TPSA) is 61.4 Å². The fourth-order valence-corrected chi connectivity index (χ4v) is 3.45. The molecular formula is C24H23F3N6Pt. The summed E-state index contributed by atoms with van der Waals surface area (Å²) in [6, 6.07) is 13.5. The molecule has 0 radical (unpaired) electrons. The Kier molecular flexibility index (Phi) is 6.91. The van der Waals surface area contributed by atoms with Crippen molar-refractivity contribution >= 4 is 0 Å². The molecule has 0 N–H and O–H groups in total. The number of hydrogen-bond acceptors (Lipinski definition) is 4.